The molecule has 3 nitrogen and oxygen atoms in total. The van der Waals surface area contributed by atoms with E-state index in [1.807, 2.05) is 0 Å². The van der Waals surface area contributed by atoms with E-state index in [-0.39, 0.29) is 0 Å². The van der Waals surface area contributed by atoms with Crippen LogP contribution in [0, 0.1) is 23.7 Å². The van der Waals surface area contributed by atoms with Crippen molar-refractivity contribution < 1.29 is 0 Å². The van der Waals surface area contributed by atoms with Gasteiger partial charge in [0.1, 0.15) is 0 Å². The van der Waals surface area contributed by atoms with Gasteiger partial charge in [-0.3, -0.25) is 4.90 Å². The molecular weight excluding hydrogens is 302 g/mol. The SMILES string of the molecule is CN1CCC2C3CCCCC3N3CCC4C5NCSC5C1C2C43. The standard InChI is InChI=1S/C19H31N3S/c1-21-8-6-12-11-4-2-3-5-14(11)22-9-7-13-16-19(23-10-20-16)18(21)15(12)17(13)22/h11-20H,2-10H2,1H3. The summed E-state index contributed by atoms with van der Waals surface area (Å²) in [4.78, 5) is 5.83. The summed E-state index contributed by atoms with van der Waals surface area (Å²) in [7, 11) is 2.43. The molecule has 0 aromatic heterocycles. The maximum Gasteiger partial charge on any atom is 0.0424 e. The first kappa shape index (κ1) is 14.4. The van der Waals surface area contributed by atoms with E-state index in [2.05, 4.69) is 33.9 Å². The molecule has 2 saturated carbocycles. The zero-order chi connectivity index (χ0) is 15.1. The molecule has 1 N–H and O–H groups in total. The summed E-state index contributed by atoms with van der Waals surface area (Å²) in [5.74, 6) is 5.22. The van der Waals surface area contributed by atoms with Gasteiger partial charge in [0.15, 0.2) is 0 Å². The second kappa shape index (κ2) is 5.12. The van der Waals surface area contributed by atoms with Crippen LogP contribution in [0.4, 0.5) is 0 Å². The van der Waals surface area contributed by atoms with Crippen LogP contribution >= 0.6 is 11.8 Å². The smallest absolute Gasteiger partial charge is 0.0424 e. The van der Waals surface area contributed by atoms with Crippen LogP contribution in [0.1, 0.15) is 38.5 Å². The minimum absolute atomic E-state index is 0.803. The fraction of sp³-hybridized carbons (Fsp3) is 1.00. The summed E-state index contributed by atoms with van der Waals surface area (Å²) in [5, 5.41) is 4.79. The van der Waals surface area contributed by atoms with Crippen LogP contribution in [0.15, 0.2) is 0 Å². The summed E-state index contributed by atoms with van der Waals surface area (Å²) in [6, 6.07) is 3.52. The van der Waals surface area contributed by atoms with Crippen molar-refractivity contribution in [2.45, 2.75) is 67.9 Å². The van der Waals surface area contributed by atoms with Gasteiger partial charge in [-0.25, -0.2) is 0 Å². The first-order chi connectivity index (χ1) is 11.3. The molecule has 4 aliphatic heterocycles. The molecule has 0 spiro atoms. The van der Waals surface area contributed by atoms with Crippen LogP contribution in [0.5, 0.6) is 0 Å². The third kappa shape index (κ3) is 1.79. The molecular formula is C19H31N3S. The number of rotatable bonds is 0. The zero-order valence-electron chi connectivity index (χ0n) is 14.4. The van der Waals surface area contributed by atoms with Gasteiger partial charge in [-0.05, 0) is 69.5 Å². The second-order valence-corrected chi connectivity index (χ2v) is 10.4. The highest BCUT2D eigenvalue weighted by Gasteiger charge is 2.64. The lowest BCUT2D eigenvalue weighted by atomic mass is 9.55. The minimum atomic E-state index is 0.803. The predicted molar refractivity (Wildman–Crippen MR) is 95.5 cm³/mol. The molecule has 6 aliphatic rings. The van der Waals surface area contributed by atoms with E-state index in [1.54, 1.807) is 0 Å². The van der Waals surface area contributed by atoms with Crippen molar-refractivity contribution in [2.24, 2.45) is 23.7 Å². The Balaban J connectivity index is 1.46. The molecule has 23 heavy (non-hydrogen) atoms. The molecule has 2 aliphatic carbocycles. The first-order valence-electron chi connectivity index (χ1n) is 10.2. The molecule has 0 radical (unpaired) electrons. The third-order valence-corrected chi connectivity index (χ3v) is 9.94. The van der Waals surface area contributed by atoms with E-state index in [0.717, 1.165) is 53.1 Å². The summed E-state index contributed by atoms with van der Waals surface area (Å²) in [6.07, 6.45) is 9.02. The minimum Gasteiger partial charge on any atom is -0.304 e. The Labute approximate surface area is 144 Å². The quantitative estimate of drug-likeness (QED) is 0.732. The van der Waals surface area contributed by atoms with Crippen molar-refractivity contribution in [3.8, 4) is 0 Å². The first-order valence-corrected chi connectivity index (χ1v) is 11.2. The average Bonchev–Trinajstić information content (AvgIpc) is 3.22. The molecule has 9 unspecified atom stereocenters. The monoisotopic (exact) mass is 333 g/mol. The van der Waals surface area contributed by atoms with Gasteiger partial charge in [0.2, 0.25) is 0 Å². The molecule has 0 bridgehead atoms. The fourth-order valence-electron chi connectivity index (χ4n) is 8.03. The third-order valence-electron chi connectivity index (χ3n) is 8.65. The van der Waals surface area contributed by atoms with Crippen LogP contribution < -0.4 is 5.32 Å². The lowest BCUT2D eigenvalue weighted by Crippen LogP contribution is -2.72. The van der Waals surface area contributed by atoms with Crippen LogP contribution in [-0.4, -0.2) is 65.2 Å². The van der Waals surface area contributed by atoms with Gasteiger partial charge >= 0.3 is 0 Å². The highest BCUT2D eigenvalue weighted by molar-refractivity contribution is 8.00. The van der Waals surface area contributed by atoms with E-state index in [9.17, 15) is 0 Å². The van der Waals surface area contributed by atoms with Gasteiger partial charge in [-0.15, -0.1) is 11.8 Å². The van der Waals surface area contributed by atoms with Crippen molar-refractivity contribution >= 4 is 11.8 Å². The van der Waals surface area contributed by atoms with Crippen molar-refractivity contribution in [3.05, 3.63) is 0 Å². The van der Waals surface area contributed by atoms with Crippen LogP contribution in [0.3, 0.4) is 0 Å². The molecule has 0 amide bonds. The lowest BCUT2D eigenvalue weighted by molar-refractivity contribution is -0.125. The number of thioether (sulfide) groups is 1. The Morgan fingerprint density at radius 2 is 1.78 bits per heavy atom. The Kier molecular flexibility index (Phi) is 3.21. The van der Waals surface area contributed by atoms with Crippen molar-refractivity contribution in [1.29, 1.82) is 0 Å². The number of hydrogen-bond acceptors (Lipinski definition) is 4. The van der Waals surface area contributed by atoms with Crippen molar-refractivity contribution in [3.63, 3.8) is 0 Å². The number of nitrogens with zero attached hydrogens (tertiary/aromatic N) is 2. The number of hydrogen-bond donors (Lipinski definition) is 1. The van der Waals surface area contributed by atoms with Crippen LogP contribution in [0.2, 0.25) is 0 Å². The predicted octanol–water partition coefficient (Wildman–Crippen LogP) is 2.23. The Morgan fingerprint density at radius 1 is 0.913 bits per heavy atom. The van der Waals surface area contributed by atoms with E-state index in [1.165, 1.54) is 57.5 Å². The molecule has 6 fully saturated rings. The molecule has 128 valence electrons. The number of piperidine rings is 2. The lowest BCUT2D eigenvalue weighted by Gasteiger charge is -2.64. The van der Waals surface area contributed by atoms with Gasteiger partial charge in [0.25, 0.3) is 0 Å². The van der Waals surface area contributed by atoms with Crippen LogP contribution in [-0.2, 0) is 0 Å². The van der Waals surface area contributed by atoms with Gasteiger partial charge in [-0.2, -0.15) is 0 Å². The number of likely N-dealkylation sites (tertiary alicyclic amines) is 1. The van der Waals surface area contributed by atoms with Crippen LogP contribution in [0.25, 0.3) is 0 Å². The van der Waals surface area contributed by atoms with Gasteiger partial charge in [-0.1, -0.05) is 12.8 Å². The van der Waals surface area contributed by atoms with Gasteiger partial charge in [0, 0.05) is 35.3 Å². The summed E-state index contributed by atoms with van der Waals surface area (Å²) in [6.45, 7) is 2.77. The zero-order valence-corrected chi connectivity index (χ0v) is 15.2. The maximum absolute atomic E-state index is 3.92. The van der Waals surface area contributed by atoms with E-state index in [0.29, 0.717) is 0 Å². The average molecular weight is 334 g/mol. The Morgan fingerprint density at radius 3 is 2.74 bits per heavy atom. The van der Waals surface area contributed by atoms with E-state index in [4.69, 9.17) is 0 Å². The van der Waals surface area contributed by atoms with Gasteiger partial charge < -0.3 is 10.2 Å². The molecule has 0 aromatic carbocycles. The molecule has 6 rings (SSSR count). The van der Waals surface area contributed by atoms with E-state index < -0.39 is 0 Å². The van der Waals surface area contributed by atoms with Gasteiger partial charge in [0.05, 0.1) is 0 Å². The highest BCUT2D eigenvalue weighted by atomic mass is 32.2. The van der Waals surface area contributed by atoms with Crippen molar-refractivity contribution in [1.82, 2.24) is 15.1 Å². The normalized spacial score (nSPS) is 58.6. The highest BCUT2D eigenvalue weighted by Crippen LogP contribution is 2.58. The molecule has 4 heteroatoms. The number of nitrogens with one attached hydrogen (secondary N) is 1. The number of fused-ring (bicyclic) bond motifs is 6. The molecule has 9 atom stereocenters. The molecule has 4 heterocycles. The Hall–Kier alpha value is 0.230. The molecule has 0 aromatic rings. The largest absolute Gasteiger partial charge is 0.304 e. The second-order valence-electron chi connectivity index (χ2n) is 9.20. The van der Waals surface area contributed by atoms with Crippen molar-refractivity contribution in [2.75, 3.05) is 26.0 Å². The summed E-state index contributed by atoms with van der Waals surface area (Å²) in [5.41, 5.74) is 0. The van der Waals surface area contributed by atoms with E-state index >= 15 is 0 Å². The maximum atomic E-state index is 3.92. The topological polar surface area (TPSA) is 18.5 Å². The molecule has 4 saturated heterocycles. The fourth-order valence-corrected chi connectivity index (χ4v) is 9.61. The Bertz CT molecular complexity index is 499. The summed E-state index contributed by atoms with van der Waals surface area (Å²) >= 11 is 2.25. The summed E-state index contributed by atoms with van der Waals surface area (Å²) < 4.78 is 0.